The molecule has 2 heterocycles. The van der Waals surface area contributed by atoms with E-state index in [1.54, 1.807) is 0 Å². The van der Waals surface area contributed by atoms with E-state index >= 15 is 0 Å². The number of aliphatic hydroxyl groups is 3. The number of nitrogens with one attached hydrogen (secondary N) is 1. The Labute approximate surface area is 101 Å². The van der Waals surface area contributed by atoms with Gasteiger partial charge in [-0.15, -0.1) is 0 Å². The minimum Gasteiger partial charge on any atom is -0.394 e. The van der Waals surface area contributed by atoms with Crippen molar-refractivity contribution in [2.24, 2.45) is 0 Å². The summed E-state index contributed by atoms with van der Waals surface area (Å²) in [5, 5.41) is 28.9. The highest BCUT2D eigenvalue weighted by Gasteiger charge is 2.53. The van der Waals surface area contributed by atoms with Gasteiger partial charge in [0.1, 0.15) is 17.8 Å². The van der Waals surface area contributed by atoms with E-state index < -0.39 is 41.9 Å². The van der Waals surface area contributed by atoms with Crippen LogP contribution in [0.5, 0.6) is 0 Å². The van der Waals surface area contributed by atoms with Gasteiger partial charge in [0, 0.05) is 12.3 Å². The summed E-state index contributed by atoms with van der Waals surface area (Å²) in [4.78, 5) is 24.5. The highest BCUT2D eigenvalue weighted by atomic mass is 16.6. The molecule has 8 heteroatoms. The fraction of sp³-hybridized carbons (Fsp3) is 0.600. The number of hydrogen-bond acceptors (Lipinski definition) is 6. The van der Waals surface area contributed by atoms with Crippen LogP contribution in [-0.4, -0.2) is 49.3 Å². The fourth-order valence-corrected chi connectivity index (χ4v) is 2.00. The predicted molar refractivity (Wildman–Crippen MR) is 58.9 cm³/mol. The van der Waals surface area contributed by atoms with Crippen LogP contribution >= 0.6 is 0 Å². The van der Waals surface area contributed by atoms with Crippen molar-refractivity contribution < 1.29 is 20.1 Å². The third-order valence-electron chi connectivity index (χ3n) is 3.04. The second-order valence-corrected chi connectivity index (χ2v) is 4.40. The van der Waals surface area contributed by atoms with Crippen LogP contribution in [0.25, 0.3) is 0 Å². The second kappa shape index (κ2) is 4.32. The molecular weight excluding hydrogens is 244 g/mol. The minimum atomic E-state index is -1.75. The first kappa shape index (κ1) is 13.0. The van der Waals surface area contributed by atoms with E-state index in [1.807, 2.05) is 4.98 Å². The summed E-state index contributed by atoms with van der Waals surface area (Å²) in [5.41, 5.74) is -3.10. The summed E-state index contributed by atoms with van der Waals surface area (Å²) in [6, 6.07) is 1.10. The largest absolute Gasteiger partial charge is 0.394 e. The Balaban J connectivity index is 2.45. The lowest BCUT2D eigenvalue weighted by Crippen LogP contribution is -2.46. The second-order valence-electron chi connectivity index (χ2n) is 4.40. The summed E-state index contributed by atoms with van der Waals surface area (Å²) < 4.78 is 6.19. The Morgan fingerprint density at radius 2 is 2.22 bits per heavy atom. The van der Waals surface area contributed by atoms with Gasteiger partial charge in [-0.2, -0.15) is 0 Å². The normalized spacial score (nSPS) is 35.9. The van der Waals surface area contributed by atoms with E-state index in [4.69, 9.17) is 9.84 Å². The average molecular weight is 258 g/mol. The zero-order chi connectivity index (χ0) is 13.5. The Morgan fingerprint density at radius 1 is 1.56 bits per heavy atom. The Kier molecular flexibility index (Phi) is 3.11. The molecule has 0 amide bonds. The third kappa shape index (κ3) is 1.89. The highest BCUT2D eigenvalue weighted by molar-refractivity contribution is 5.00. The maximum Gasteiger partial charge on any atom is 0.330 e. The van der Waals surface area contributed by atoms with Crippen molar-refractivity contribution in [1.82, 2.24) is 9.55 Å². The molecule has 0 saturated carbocycles. The van der Waals surface area contributed by atoms with Crippen LogP contribution in [0.4, 0.5) is 0 Å². The number of rotatable bonds is 2. The monoisotopic (exact) mass is 258 g/mol. The molecule has 4 N–H and O–H groups in total. The van der Waals surface area contributed by atoms with Crippen molar-refractivity contribution in [2.75, 3.05) is 6.61 Å². The standard InChI is InChI=1S/C10H14N2O6/c1-10(17)7(15)5(4-13)18-8(10)12-3-2-6(14)11-9(12)16/h2-3,5,7-8,13,15,17H,4H2,1H3,(H,11,14,16)/t5-,7+,8-,10?/m1/s1. The Bertz CT molecular complexity index is 548. The minimum absolute atomic E-state index is 0.494. The molecule has 4 atom stereocenters. The lowest BCUT2D eigenvalue weighted by molar-refractivity contribution is -0.0987. The topological polar surface area (TPSA) is 125 Å². The first-order valence-electron chi connectivity index (χ1n) is 5.36. The molecule has 0 spiro atoms. The van der Waals surface area contributed by atoms with Crippen molar-refractivity contribution in [2.45, 2.75) is 31.0 Å². The maximum absolute atomic E-state index is 11.6. The van der Waals surface area contributed by atoms with Crippen molar-refractivity contribution in [3.63, 3.8) is 0 Å². The third-order valence-corrected chi connectivity index (χ3v) is 3.04. The molecule has 1 aromatic heterocycles. The van der Waals surface area contributed by atoms with Gasteiger partial charge in [-0.05, 0) is 6.92 Å². The smallest absolute Gasteiger partial charge is 0.330 e. The van der Waals surface area contributed by atoms with Gasteiger partial charge in [0.05, 0.1) is 6.61 Å². The molecule has 1 aromatic rings. The summed E-state index contributed by atoms with van der Waals surface area (Å²) in [6.45, 7) is 0.793. The van der Waals surface area contributed by atoms with Gasteiger partial charge in [0.15, 0.2) is 6.23 Å². The van der Waals surface area contributed by atoms with E-state index in [1.165, 1.54) is 6.92 Å². The summed E-state index contributed by atoms with van der Waals surface area (Å²) in [5.74, 6) is 0. The van der Waals surface area contributed by atoms with Crippen molar-refractivity contribution in [3.05, 3.63) is 33.1 Å². The molecule has 1 saturated heterocycles. The highest BCUT2D eigenvalue weighted by Crippen LogP contribution is 2.36. The molecule has 0 radical (unpaired) electrons. The van der Waals surface area contributed by atoms with E-state index in [9.17, 15) is 19.8 Å². The van der Waals surface area contributed by atoms with E-state index in [2.05, 4.69) is 0 Å². The molecule has 100 valence electrons. The molecule has 0 bridgehead atoms. The molecule has 1 aliphatic heterocycles. The zero-order valence-corrected chi connectivity index (χ0v) is 9.61. The molecule has 2 rings (SSSR count). The molecule has 1 unspecified atom stereocenters. The zero-order valence-electron chi connectivity index (χ0n) is 9.61. The van der Waals surface area contributed by atoms with Gasteiger partial charge in [0.2, 0.25) is 0 Å². The Hall–Kier alpha value is -1.48. The summed E-state index contributed by atoms with van der Waals surface area (Å²) in [7, 11) is 0. The number of hydrogen-bond donors (Lipinski definition) is 4. The Morgan fingerprint density at radius 3 is 2.72 bits per heavy atom. The van der Waals surface area contributed by atoms with Crippen LogP contribution in [0.2, 0.25) is 0 Å². The van der Waals surface area contributed by atoms with Crippen molar-refractivity contribution in [1.29, 1.82) is 0 Å². The first-order valence-corrected chi connectivity index (χ1v) is 5.36. The summed E-state index contributed by atoms with van der Waals surface area (Å²) in [6.07, 6.45) is -2.36. The lowest BCUT2D eigenvalue weighted by atomic mass is 9.96. The van der Waals surface area contributed by atoms with Crippen molar-refractivity contribution >= 4 is 0 Å². The molecule has 8 nitrogen and oxygen atoms in total. The number of nitrogens with zero attached hydrogens (tertiary/aromatic N) is 1. The number of aromatic amines is 1. The molecular formula is C10H14N2O6. The molecule has 18 heavy (non-hydrogen) atoms. The summed E-state index contributed by atoms with van der Waals surface area (Å²) >= 11 is 0. The van der Waals surface area contributed by atoms with E-state index in [0.717, 1.165) is 16.8 Å². The van der Waals surface area contributed by atoms with Crippen LogP contribution < -0.4 is 11.2 Å². The van der Waals surface area contributed by atoms with Gasteiger partial charge in [0.25, 0.3) is 5.56 Å². The molecule has 1 fully saturated rings. The molecule has 0 aliphatic carbocycles. The lowest BCUT2D eigenvalue weighted by Gasteiger charge is -2.27. The quantitative estimate of drug-likeness (QED) is 0.466. The van der Waals surface area contributed by atoms with Crippen LogP contribution in [0.15, 0.2) is 21.9 Å². The van der Waals surface area contributed by atoms with E-state index in [-0.39, 0.29) is 0 Å². The average Bonchev–Trinajstić information content (AvgIpc) is 2.52. The number of aromatic nitrogens is 2. The predicted octanol–water partition coefficient (Wildman–Crippen LogP) is -2.46. The van der Waals surface area contributed by atoms with Crippen molar-refractivity contribution in [3.8, 4) is 0 Å². The fourth-order valence-electron chi connectivity index (χ4n) is 2.00. The maximum atomic E-state index is 11.6. The van der Waals surface area contributed by atoms with Crippen LogP contribution in [0, 0.1) is 0 Å². The molecule has 1 aliphatic rings. The number of ether oxygens (including phenoxy) is 1. The number of aliphatic hydroxyl groups excluding tert-OH is 2. The number of H-pyrrole nitrogens is 1. The SMILES string of the molecule is CC1(O)[C@@H](O)[C@@H](CO)O[C@H]1n1ccc(=O)[nH]c1=O. The van der Waals surface area contributed by atoms with E-state index in [0.29, 0.717) is 0 Å². The van der Waals surface area contributed by atoms with Gasteiger partial charge in [-0.3, -0.25) is 14.3 Å². The van der Waals surface area contributed by atoms with Crippen LogP contribution in [0.3, 0.4) is 0 Å². The first-order chi connectivity index (χ1) is 8.37. The van der Waals surface area contributed by atoms with Gasteiger partial charge >= 0.3 is 5.69 Å². The van der Waals surface area contributed by atoms with Crippen LogP contribution in [0.1, 0.15) is 13.2 Å². The van der Waals surface area contributed by atoms with Crippen LogP contribution in [-0.2, 0) is 4.74 Å². The van der Waals surface area contributed by atoms with Gasteiger partial charge < -0.3 is 20.1 Å². The molecule has 0 aromatic carbocycles. The van der Waals surface area contributed by atoms with Gasteiger partial charge in [-0.25, -0.2) is 4.79 Å². The van der Waals surface area contributed by atoms with Gasteiger partial charge in [-0.1, -0.05) is 0 Å².